The molecule has 0 atom stereocenters. The van der Waals surface area contributed by atoms with E-state index < -0.39 is 5.60 Å². The molecule has 2 aliphatic rings. The van der Waals surface area contributed by atoms with Crippen molar-refractivity contribution in [3.05, 3.63) is 35.4 Å². The van der Waals surface area contributed by atoms with Gasteiger partial charge in [0.15, 0.2) is 6.29 Å². The molecular weight excluding hydrogens is 264 g/mol. The van der Waals surface area contributed by atoms with E-state index in [1.807, 2.05) is 24.3 Å². The molecule has 1 aliphatic carbocycles. The van der Waals surface area contributed by atoms with E-state index in [2.05, 4.69) is 11.8 Å². The van der Waals surface area contributed by atoms with Crippen LogP contribution in [-0.2, 0) is 4.79 Å². The third-order valence-corrected chi connectivity index (χ3v) is 4.10. The number of benzene rings is 1. The highest BCUT2D eigenvalue weighted by atomic mass is 16.5. The molecule has 1 aromatic carbocycles. The average Bonchev–Trinajstić information content (AvgIpc) is 2.53. The van der Waals surface area contributed by atoms with E-state index in [1.165, 1.54) is 0 Å². The van der Waals surface area contributed by atoms with Crippen molar-refractivity contribution < 1.29 is 14.6 Å². The molecule has 3 nitrogen and oxygen atoms in total. The molecule has 0 spiro atoms. The summed E-state index contributed by atoms with van der Waals surface area (Å²) in [7, 11) is 0. The third-order valence-electron chi connectivity index (χ3n) is 4.10. The summed E-state index contributed by atoms with van der Waals surface area (Å²) >= 11 is 0. The fourth-order valence-electron chi connectivity index (χ4n) is 2.88. The van der Waals surface area contributed by atoms with Gasteiger partial charge >= 0.3 is 0 Å². The van der Waals surface area contributed by atoms with Gasteiger partial charge in [0.05, 0.1) is 0 Å². The molecule has 0 aromatic heterocycles. The first kappa shape index (κ1) is 13.9. The van der Waals surface area contributed by atoms with Crippen LogP contribution in [0.15, 0.2) is 29.8 Å². The Morgan fingerprint density at radius 2 is 1.95 bits per heavy atom. The van der Waals surface area contributed by atoms with Gasteiger partial charge in [-0.3, -0.25) is 4.79 Å². The Morgan fingerprint density at radius 1 is 1.19 bits per heavy atom. The van der Waals surface area contributed by atoms with Gasteiger partial charge in [0.1, 0.15) is 18.0 Å². The molecule has 1 aliphatic heterocycles. The van der Waals surface area contributed by atoms with Crippen LogP contribution >= 0.6 is 0 Å². The van der Waals surface area contributed by atoms with E-state index in [-0.39, 0.29) is 6.61 Å². The zero-order valence-electron chi connectivity index (χ0n) is 11.9. The number of hydrogen-bond donors (Lipinski definition) is 1. The fourth-order valence-corrected chi connectivity index (χ4v) is 2.88. The number of rotatable bonds is 1. The first-order chi connectivity index (χ1) is 10.2. The summed E-state index contributed by atoms with van der Waals surface area (Å²) < 4.78 is 5.55. The third kappa shape index (κ3) is 2.86. The molecule has 108 valence electrons. The standard InChI is InChI=1S/C18H18O3/c19-12-14-13-21-17-7-3-2-6-16(17)15(14)8-11-18(20)9-4-1-5-10-18/h2-3,6-7,12,20H,1,4-5,9-10,13H2. The van der Waals surface area contributed by atoms with Crippen molar-refractivity contribution in [1.29, 1.82) is 0 Å². The summed E-state index contributed by atoms with van der Waals surface area (Å²) in [5.41, 5.74) is 1.15. The summed E-state index contributed by atoms with van der Waals surface area (Å²) in [5.74, 6) is 6.80. The normalized spacial score (nSPS) is 19.9. The molecule has 0 saturated heterocycles. The van der Waals surface area contributed by atoms with Gasteiger partial charge in [-0.2, -0.15) is 0 Å². The molecule has 0 unspecified atom stereocenters. The lowest BCUT2D eigenvalue weighted by molar-refractivity contribution is -0.105. The Labute approximate surface area is 124 Å². The molecule has 21 heavy (non-hydrogen) atoms. The molecule has 1 fully saturated rings. The lowest BCUT2D eigenvalue weighted by Gasteiger charge is -2.26. The Hall–Kier alpha value is -2.05. The van der Waals surface area contributed by atoms with Crippen LogP contribution < -0.4 is 4.74 Å². The molecule has 1 saturated carbocycles. The van der Waals surface area contributed by atoms with Crippen LogP contribution in [-0.4, -0.2) is 23.6 Å². The Bertz CT molecular complexity index is 640. The van der Waals surface area contributed by atoms with Crippen LogP contribution in [0.1, 0.15) is 37.7 Å². The van der Waals surface area contributed by atoms with Crippen LogP contribution in [0, 0.1) is 11.8 Å². The van der Waals surface area contributed by atoms with Crippen molar-refractivity contribution in [3.8, 4) is 17.6 Å². The number of carbonyl (C=O) groups excluding carboxylic acids is 1. The smallest absolute Gasteiger partial charge is 0.150 e. The molecule has 0 bridgehead atoms. The zero-order chi connectivity index (χ0) is 14.7. The van der Waals surface area contributed by atoms with Gasteiger partial charge in [-0.25, -0.2) is 0 Å². The second-order valence-electron chi connectivity index (χ2n) is 5.65. The number of ether oxygens (including phenoxy) is 1. The average molecular weight is 282 g/mol. The fraction of sp³-hybridized carbons (Fsp3) is 0.389. The Balaban J connectivity index is 1.99. The predicted molar refractivity (Wildman–Crippen MR) is 80.7 cm³/mol. The minimum Gasteiger partial charge on any atom is -0.488 e. The minimum absolute atomic E-state index is 0.239. The largest absolute Gasteiger partial charge is 0.488 e. The highest BCUT2D eigenvalue weighted by Crippen LogP contribution is 2.33. The number of hydrogen-bond acceptors (Lipinski definition) is 3. The van der Waals surface area contributed by atoms with E-state index in [0.717, 1.165) is 36.9 Å². The van der Waals surface area contributed by atoms with Gasteiger partial charge in [-0.15, -0.1) is 0 Å². The predicted octanol–water partition coefficient (Wildman–Crippen LogP) is 2.73. The Kier molecular flexibility index (Phi) is 3.81. The van der Waals surface area contributed by atoms with Gasteiger partial charge < -0.3 is 9.84 Å². The lowest BCUT2D eigenvalue weighted by Crippen LogP contribution is -2.29. The van der Waals surface area contributed by atoms with Gasteiger partial charge in [0, 0.05) is 16.7 Å². The van der Waals surface area contributed by atoms with Gasteiger partial charge in [0.2, 0.25) is 0 Å². The van der Waals surface area contributed by atoms with Crippen molar-refractivity contribution in [1.82, 2.24) is 0 Å². The summed E-state index contributed by atoms with van der Waals surface area (Å²) in [6.07, 6.45) is 5.38. The van der Waals surface area contributed by atoms with Crippen molar-refractivity contribution in [2.45, 2.75) is 37.7 Å². The van der Waals surface area contributed by atoms with E-state index in [4.69, 9.17) is 4.74 Å². The summed E-state index contributed by atoms with van der Waals surface area (Å²) in [4.78, 5) is 11.2. The highest BCUT2D eigenvalue weighted by molar-refractivity contribution is 5.97. The van der Waals surface area contributed by atoms with Crippen LogP contribution in [0.4, 0.5) is 0 Å². The molecule has 3 rings (SSSR count). The molecule has 1 N–H and O–H groups in total. The van der Waals surface area contributed by atoms with Gasteiger partial charge in [0.25, 0.3) is 0 Å². The van der Waals surface area contributed by atoms with E-state index >= 15 is 0 Å². The maximum atomic E-state index is 11.2. The Morgan fingerprint density at radius 3 is 2.71 bits per heavy atom. The maximum absolute atomic E-state index is 11.2. The quantitative estimate of drug-likeness (QED) is 0.636. The van der Waals surface area contributed by atoms with Crippen LogP contribution in [0.3, 0.4) is 0 Å². The first-order valence-electron chi connectivity index (χ1n) is 7.38. The monoisotopic (exact) mass is 282 g/mol. The number of carbonyl (C=O) groups is 1. The van der Waals surface area contributed by atoms with Crippen molar-refractivity contribution in [2.24, 2.45) is 0 Å². The van der Waals surface area contributed by atoms with E-state index in [9.17, 15) is 9.90 Å². The number of aldehydes is 1. The van der Waals surface area contributed by atoms with E-state index in [0.29, 0.717) is 24.0 Å². The minimum atomic E-state index is -0.910. The van der Waals surface area contributed by atoms with E-state index in [1.54, 1.807) is 0 Å². The molecule has 3 heteroatoms. The molecule has 1 aromatic rings. The second kappa shape index (κ2) is 5.75. The number of para-hydroxylation sites is 1. The zero-order valence-corrected chi connectivity index (χ0v) is 11.9. The molecule has 0 amide bonds. The number of allylic oxidation sites excluding steroid dienone is 1. The highest BCUT2D eigenvalue weighted by Gasteiger charge is 2.27. The maximum Gasteiger partial charge on any atom is 0.150 e. The lowest BCUT2D eigenvalue weighted by atomic mass is 9.85. The van der Waals surface area contributed by atoms with Gasteiger partial charge in [-0.05, 0) is 37.8 Å². The van der Waals surface area contributed by atoms with Crippen molar-refractivity contribution in [2.75, 3.05) is 6.61 Å². The second-order valence-corrected chi connectivity index (χ2v) is 5.65. The topological polar surface area (TPSA) is 46.5 Å². The van der Waals surface area contributed by atoms with Crippen LogP contribution in [0.25, 0.3) is 5.57 Å². The summed E-state index contributed by atoms with van der Waals surface area (Å²) in [6, 6.07) is 7.55. The number of fused-ring (bicyclic) bond motifs is 1. The van der Waals surface area contributed by atoms with Crippen molar-refractivity contribution in [3.63, 3.8) is 0 Å². The first-order valence-corrected chi connectivity index (χ1v) is 7.38. The summed E-state index contributed by atoms with van der Waals surface area (Å²) in [6.45, 7) is 0.239. The summed E-state index contributed by atoms with van der Waals surface area (Å²) in [5, 5.41) is 10.5. The van der Waals surface area contributed by atoms with Crippen molar-refractivity contribution >= 4 is 11.9 Å². The number of aliphatic hydroxyl groups is 1. The molecule has 0 radical (unpaired) electrons. The van der Waals surface area contributed by atoms with Crippen LogP contribution in [0.2, 0.25) is 0 Å². The SMILES string of the molecule is O=CC1=C(C#CC2(O)CCCCC2)c2ccccc2OC1. The van der Waals surface area contributed by atoms with Gasteiger partial charge in [-0.1, -0.05) is 30.4 Å². The van der Waals surface area contributed by atoms with Crippen LogP contribution in [0.5, 0.6) is 5.75 Å². The molecule has 1 heterocycles. The molecular formula is C18H18O3.